The van der Waals surface area contributed by atoms with Crippen LogP contribution in [0.2, 0.25) is 0 Å². The van der Waals surface area contributed by atoms with Crippen molar-refractivity contribution < 1.29 is 4.79 Å². The van der Waals surface area contributed by atoms with Gasteiger partial charge in [-0.05, 0) is 84.3 Å². The predicted molar refractivity (Wildman–Crippen MR) is 131 cm³/mol. The molecule has 2 aromatic carbocycles. The molecule has 2 aliphatic rings. The monoisotopic (exact) mass is 409 g/mol. The summed E-state index contributed by atoms with van der Waals surface area (Å²) < 4.78 is 0. The van der Waals surface area contributed by atoms with Crippen LogP contribution in [0.15, 0.2) is 85.0 Å². The third-order valence-electron chi connectivity index (χ3n) is 6.28. The van der Waals surface area contributed by atoms with E-state index < -0.39 is 0 Å². The molecule has 0 aromatic heterocycles. The van der Waals surface area contributed by atoms with E-state index in [4.69, 9.17) is 0 Å². The molecule has 158 valence electrons. The van der Waals surface area contributed by atoms with E-state index in [1.165, 1.54) is 33.4 Å². The Hall–Kier alpha value is -2.97. The van der Waals surface area contributed by atoms with Crippen molar-refractivity contribution in [3.05, 3.63) is 107 Å². The fourth-order valence-corrected chi connectivity index (χ4v) is 4.59. The largest absolute Gasteiger partial charge is 0.303 e. The summed E-state index contributed by atoms with van der Waals surface area (Å²) in [6.07, 6.45) is 13.4. The van der Waals surface area contributed by atoms with Crippen molar-refractivity contribution in [3.63, 3.8) is 0 Å². The Bertz CT molecular complexity index is 951. The van der Waals surface area contributed by atoms with Crippen LogP contribution in [0.3, 0.4) is 0 Å². The Morgan fingerprint density at radius 3 is 1.81 bits per heavy atom. The Labute approximate surface area is 186 Å². The van der Waals surface area contributed by atoms with Gasteiger partial charge in [-0.25, -0.2) is 0 Å². The van der Waals surface area contributed by atoms with Gasteiger partial charge in [0.1, 0.15) is 6.29 Å². The molecule has 0 spiro atoms. The van der Waals surface area contributed by atoms with E-state index in [0.29, 0.717) is 6.04 Å². The van der Waals surface area contributed by atoms with Crippen LogP contribution >= 0.6 is 0 Å². The first-order chi connectivity index (χ1) is 15.2. The molecule has 0 radical (unpaired) electrons. The number of allylic oxidation sites excluding steroid dienone is 2. The highest BCUT2D eigenvalue weighted by Crippen LogP contribution is 2.46. The molecule has 0 amide bonds. The summed E-state index contributed by atoms with van der Waals surface area (Å²) in [5, 5.41) is 0. The summed E-state index contributed by atoms with van der Waals surface area (Å²) in [7, 11) is 0. The fourth-order valence-electron chi connectivity index (χ4n) is 4.59. The Kier molecular flexibility index (Phi) is 6.79. The Morgan fingerprint density at radius 2 is 1.35 bits per heavy atom. The number of nitrogens with zero attached hydrogens (tertiary/aromatic N) is 1. The quantitative estimate of drug-likeness (QED) is 0.399. The van der Waals surface area contributed by atoms with Crippen LogP contribution < -0.4 is 0 Å². The normalized spacial score (nSPS) is 21.9. The van der Waals surface area contributed by atoms with Crippen LogP contribution in [0.25, 0.3) is 12.2 Å². The average molecular weight is 410 g/mol. The molecule has 1 heterocycles. The van der Waals surface area contributed by atoms with E-state index in [-0.39, 0.29) is 5.92 Å². The van der Waals surface area contributed by atoms with Gasteiger partial charge < -0.3 is 4.79 Å². The average Bonchev–Trinajstić information content (AvgIpc) is 3.46. The number of benzene rings is 2. The summed E-state index contributed by atoms with van der Waals surface area (Å²) >= 11 is 0. The molecule has 1 saturated carbocycles. The highest BCUT2D eigenvalue weighted by molar-refractivity contribution is 5.81. The van der Waals surface area contributed by atoms with Gasteiger partial charge >= 0.3 is 0 Å². The third kappa shape index (κ3) is 5.21. The molecule has 1 saturated heterocycles. The third-order valence-corrected chi connectivity index (χ3v) is 6.28. The molecule has 2 aromatic rings. The molecule has 1 aliphatic carbocycles. The van der Waals surface area contributed by atoms with Gasteiger partial charge in [0, 0.05) is 5.92 Å². The lowest BCUT2D eigenvalue weighted by Gasteiger charge is -2.29. The van der Waals surface area contributed by atoms with Gasteiger partial charge in [0.25, 0.3) is 0 Å². The minimum atomic E-state index is 0.223. The van der Waals surface area contributed by atoms with Crippen molar-refractivity contribution in [3.8, 4) is 0 Å². The summed E-state index contributed by atoms with van der Waals surface area (Å²) in [6, 6.07) is 17.8. The summed E-state index contributed by atoms with van der Waals surface area (Å²) in [5.74, 6) is 0.223. The van der Waals surface area contributed by atoms with Crippen LogP contribution in [-0.4, -0.2) is 30.3 Å². The van der Waals surface area contributed by atoms with E-state index in [1.807, 2.05) is 12.2 Å². The van der Waals surface area contributed by atoms with Crippen LogP contribution in [-0.2, 0) is 17.6 Å². The highest BCUT2D eigenvalue weighted by atomic mass is 16.1. The first kappa shape index (κ1) is 21.3. The fraction of sp³-hybridized carbons (Fsp3) is 0.276. The van der Waals surface area contributed by atoms with Crippen molar-refractivity contribution >= 4 is 18.4 Å². The zero-order valence-electron chi connectivity index (χ0n) is 18.2. The second-order valence-corrected chi connectivity index (χ2v) is 8.59. The minimum absolute atomic E-state index is 0.223. The predicted octanol–water partition coefficient (Wildman–Crippen LogP) is 5.90. The number of likely N-dealkylation sites (tertiary alicyclic amines) is 1. The molecular formula is C29H31NO. The first-order valence-corrected chi connectivity index (χ1v) is 11.2. The van der Waals surface area contributed by atoms with E-state index in [2.05, 4.69) is 78.7 Å². The van der Waals surface area contributed by atoms with E-state index >= 15 is 0 Å². The van der Waals surface area contributed by atoms with Gasteiger partial charge in [0.2, 0.25) is 0 Å². The number of carbonyl (C=O) groups excluding carboxylic acids is 1. The molecule has 4 rings (SSSR count). The van der Waals surface area contributed by atoms with Crippen LogP contribution in [0.1, 0.15) is 35.1 Å². The van der Waals surface area contributed by atoms with Gasteiger partial charge in [-0.15, -0.1) is 13.2 Å². The number of hydrogen-bond donors (Lipinski definition) is 0. The molecule has 0 unspecified atom stereocenters. The molecular weight excluding hydrogens is 378 g/mol. The minimum Gasteiger partial charge on any atom is -0.303 e. The lowest BCUT2D eigenvalue weighted by molar-refractivity contribution is -0.112. The zero-order valence-corrected chi connectivity index (χ0v) is 18.2. The second-order valence-electron chi connectivity index (χ2n) is 8.59. The van der Waals surface area contributed by atoms with Gasteiger partial charge in [0.05, 0.1) is 6.04 Å². The molecule has 2 fully saturated rings. The van der Waals surface area contributed by atoms with Crippen LogP contribution in [0.4, 0.5) is 0 Å². The Morgan fingerprint density at radius 1 is 0.839 bits per heavy atom. The Balaban J connectivity index is 1.63. The number of carbonyl (C=O) groups is 1. The van der Waals surface area contributed by atoms with Gasteiger partial charge in [-0.2, -0.15) is 0 Å². The summed E-state index contributed by atoms with van der Waals surface area (Å²) in [5.41, 5.74) is 7.85. The van der Waals surface area contributed by atoms with E-state index in [0.717, 1.165) is 45.1 Å². The SMILES string of the molecule is C=CCc1cccc(C=C2C(=Cc3cccc(CC=C)c3)C2N2CCC(C=O)CC2)c1. The molecule has 0 N–H and O–H groups in total. The maximum atomic E-state index is 11.2. The van der Waals surface area contributed by atoms with Crippen molar-refractivity contribution in [2.24, 2.45) is 5.92 Å². The topological polar surface area (TPSA) is 20.3 Å². The molecule has 2 heteroatoms. The highest BCUT2D eigenvalue weighted by Gasteiger charge is 2.42. The number of piperidine rings is 1. The van der Waals surface area contributed by atoms with E-state index in [1.54, 1.807) is 0 Å². The zero-order chi connectivity index (χ0) is 21.6. The molecule has 0 atom stereocenters. The van der Waals surface area contributed by atoms with Crippen molar-refractivity contribution in [2.75, 3.05) is 13.1 Å². The number of hydrogen-bond acceptors (Lipinski definition) is 2. The van der Waals surface area contributed by atoms with Crippen LogP contribution in [0, 0.1) is 5.92 Å². The molecule has 0 bridgehead atoms. The summed E-state index contributed by atoms with van der Waals surface area (Å²) in [6.45, 7) is 9.69. The summed E-state index contributed by atoms with van der Waals surface area (Å²) in [4.78, 5) is 13.7. The maximum Gasteiger partial charge on any atom is 0.123 e. The molecule has 2 nitrogen and oxygen atoms in total. The molecule has 1 aliphatic heterocycles. The van der Waals surface area contributed by atoms with Crippen LogP contribution in [0.5, 0.6) is 0 Å². The number of aldehydes is 1. The van der Waals surface area contributed by atoms with Gasteiger partial charge in [0.15, 0.2) is 0 Å². The van der Waals surface area contributed by atoms with E-state index in [9.17, 15) is 4.79 Å². The first-order valence-electron chi connectivity index (χ1n) is 11.2. The maximum absolute atomic E-state index is 11.2. The lowest BCUT2D eigenvalue weighted by Crippen LogP contribution is -2.36. The van der Waals surface area contributed by atoms with Crippen molar-refractivity contribution in [2.45, 2.75) is 31.7 Å². The smallest absolute Gasteiger partial charge is 0.123 e. The van der Waals surface area contributed by atoms with Crippen molar-refractivity contribution in [1.29, 1.82) is 0 Å². The van der Waals surface area contributed by atoms with Crippen molar-refractivity contribution in [1.82, 2.24) is 4.90 Å². The van der Waals surface area contributed by atoms with Gasteiger partial charge in [-0.3, -0.25) is 4.90 Å². The molecule has 31 heavy (non-hydrogen) atoms. The number of rotatable bonds is 8. The van der Waals surface area contributed by atoms with Gasteiger partial charge in [-0.1, -0.05) is 60.7 Å². The standard InChI is InChI=1S/C29H31NO/c1-3-7-22-9-5-11-25(17-22)19-27-28(20-26-12-6-10-23(18-26)8-4-2)29(27)30-15-13-24(21-31)14-16-30/h3-6,9-12,17-21,24,29H,1-2,7-8,13-16H2. The second kappa shape index (κ2) is 9.89. The lowest BCUT2D eigenvalue weighted by atomic mass is 9.98.